The Hall–Kier alpha value is -1.84. The molecule has 0 atom stereocenters. The number of anilines is 1. The van der Waals surface area contributed by atoms with Crippen molar-refractivity contribution in [2.24, 2.45) is 0 Å². The summed E-state index contributed by atoms with van der Waals surface area (Å²) < 4.78 is 13.9. The predicted molar refractivity (Wildman–Crippen MR) is 67.2 cm³/mol. The molecule has 0 saturated heterocycles. The van der Waals surface area contributed by atoms with Crippen molar-refractivity contribution in [3.63, 3.8) is 0 Å². The monoisotopic (exact) mass is 233 g/mol. The zero-order valence-corrected chi connectivity index (χ0v) is 10.2. The average Bonchev–Trinajstić information content (AvgIpc) is 2.60. The molecule has 1 heterocycles. The third kappa shape index (κ3) is 2.02. The molecule has 1 aromatic carbocycles. The number of benzene rings is 1. The maximum absolute atomic E-state index is 13.9. The average molecular weight is 233 g/mol. The van der Waals surface area contributed by atoms with Gasteiger partial charge in [0.15, 0.2) is 0 Å². The SMILES string of the molecule is Cc1ccc(-c2[nH]nc(N)c2C(C)C)c(F)c1. The Bertz CT molecular complexity index is 544. The highest BCUT2D eigenvalue weighted by Crippen LogP contribution is 2.32. The third-order valence-corrected chi connectivity index (χ3v) is 2.80. The third-order valence-electron chi connectivity index (χ3n) is 2.80. The van der Waals surface area contributed by atoms with Gasteiger partial charge in [-0.25, -0.2) is 4.39 Å². The van der Waals surface area contributed by atoms with Crippen molar-refractivity contribution < 1.29 is 4.39 Å². The first-order valence-corrected chi connectivity index (χ1v) is 5.61. The number of halogens is 1. The lowest BCUT2D eigenvalue weighted by Crippen LogP contribution is -1.96. The first-order valence-electron chi connectivity index (χ1n) is 5.61. The van der Waals surface area contributed by atoms with E-state index in [1.165, 1.54) is 6.07 Å². The largest absolute Gasteiger partial charge is 0.382 e. The van der Waals surface area contributed by atoms with Crippen LogP contribution in [0.25, 0.3) is 11.3 Å². The molecule has 3 nitrogen and oxygen atoms in total. The topological polar surface area (TPSA) is 54.7 Å². The molecule has 1 aromatic heterocycles. The van der Waals surface area contributed by atoms with Crippen LogP contribution in [-0.2, 0) is 0 Å². The van der Waals surface area contributed by atoms with E-state index in [0.29, 0.717) is 17.1 Å². The number of rotatable bonds is 2. The van der Waals surface area contributed by atoms with Gasteiger partial charge in [0.05, 0.1) is 5.69 Å². The summed E-state index contributed by atoms with van der Waals surface area (Å²) in [7, 11) is 0. The molecule has 0 fully saturated rings. The maximum Gasteiger partial charge on any atom is 0.149 e. The number of nitrogens with two attached hydrogens (primary N) is 1. The summed E-state index contributed by atoms with van der Waals surface area (Å²) in [6.45, 7) is 5.88. The summed E-state index contributed by atoms with van der Waals surface area (Å²) in [4.78, 5) is 0. The fraction of sp³-hybridized carbons (Fsp3) is 0.308. The Kier molecular flexibility index (Phi) is 2.88. The normalized spacial score (nSPS) is 11.1. The first-order chi connectivity index (χ1) is 8.00. The molecule has 90 valence electrons. The van der Waals surface area contributed by atoms with Gasteiger partial charge < -0.3 is 5.73 Å². The van der Waals surface area contributed by atoms with Crippen LogP contribution in [0.4, 0.5) is 10.2 Å². The van der Waals surface area contributed by atoms with Crippen molar-refractivity contribution in [2.45, 2.75) is 26.7 Å². The molecule has 3 N–H and O–H groups in total. The van der Waals surface area contributed by atoms with Gasteiger partial charge in [-0.05, 0) is 30.5 Å². The van der Waals surface area contributed by atoms with Crippen LogP contribution in [0.1, 0.15) is 30.9 Å². The van der Waals surface area contributed by atoms with Crippen molar-refractivity contribution in [3.05, 3.63) is 35.1 Å². The molecule has 0 aliphatic rings. The second-order valence-electron chi connectivity index (χ2n) is 4.54. The van der Waals surface area contributed by atoms with Gasteiger partial charge in [0, 0.05) is 11.1 Å². The van der Waals surface area contributed by atoms with E-state index in [1.807, 2.05) is 26.8 Å². The van der Waals surface area contributed by atoms with Gasteiger partial charge in [0.1, 0.15) is 11.6 Å². The molecule has 0 spiro atoms. The summed E-state index contributed by atoms with van der Waals surface area (Å²) in [5.74, 6) is 0.384. The van der Waals surface area contributed by atoms with E-state index < -0.39 is 0 Å². The Balaban J connectivity index is 2.61. The number of hydrogen-bond acceptors (Lipinski definition) is 2. The summed E-state index contributed by atoms with van der Waals surface area (Å²) in [6.07, 6.45) is 0. The lowest BCUT2D eigenvalue weighted by Gasteiger charge is -2.08. The number of nitrogens with zero attached hydrogens (tertiary/aromatic N) is 1. The highest BCUT2D eigenvalue weighted by molar-refractivity contribution is 5.69. The molecule has 4 heteroatoms. The van der Waals surface area contributed by atoms with Gasteiger partial charge in [-0.1, -0.05) is 19.9 Å². The van der Waals surface area contributed by atoms with Crippen molar-refractivity contribution in [1.29, 1.82) is 0 Å². The molecule has 0 saturated carbocycles. The summed E-state index contributed by atoms with van der Waals surface area (Å²) >= 11 is 0. The first kappa shape index (κ1) is 11.6. The Labute approximate surface area is 99.9 Å². The van der Waals surface area contributed by atoms with Gasteiger partial charge in [0.2, 0.25) is 0 Å². The summed E-state index contributed by atoms with van der Waals surface area (Å²) in [5, 5.41) is 6.78. The zero-order chi connectivity index (χ0) is 12.6. The maximum atomic E-state index is 13.9. The number of aryl methyl sites for hydroxylation is 1. The van der Waals surface area contributed by atoms with Crippen LogP contribution in [0, 0.1) is 12.7 Å². The van der Waals surface area contributed by atoms with Crippen LogP contribution < -0.4 is 5.73 Å². The minimum atomic E-state index is -0.254. The van der Waals surface area contributed by atoms with E-state index in [1.54, 1.807) is 6.07 Å². The minimum absolute atomic E-state index is 0.199. The van der Waals surface area contributed by atoms with E-state index >= 15 is 0 Å². The summed E-state index contributed by atoms with van der Waals surface area (Å²) in [5.41, 5.74) is 8.75. The van der Waals surface area contributed by atoms with Crippen molar-refractivity contribution in [3.8, 4) is 11.3 Å². The standard InChI is InChI=1S/C13H16FN3/c1-7(2)11-12(16-17-13(11)15)9-5-4-8(3)6-10(9)14/h4-7H,1-3H3,(H3,15,16,17). The molecule has 0 amide bonds. The molecule has 0 unspecified atom stereocenters. The number of nitrogen functional groups attached to an aromatic ring is 1. The highest BCUT2D eigenvalue weighted by Gasteiger charge is 2.18. The van der Waals surface area contributed by atoms with Crippen LogP contribution in [0.15, 0.2) is 18.2 Å². The van der Waals surface area contributed by atoms with Crippen LogP contribution in [-0.4, -0.2) is 10.2 Å². The molecular weight excluding hydrogens is 217 g/mol. The number of aromatic nitrogens is 2. The Morgan fingerprint density at radius 2 is 2.06 bits per heavy atom. The van der Waals surface area contributed by atoms with Crippen LogP contribution in [0.5, 0.6) is 0 Å². The van der Waals surface area contributed by atoms with E-state index in [-0.39, 0.29) is 11.7 Å². The van der Waals surface area contributed by atoms with Crippen LogP contribution in [0.3, 0.4) is 0 Å². The molecule has 0 radical (unpaired) electrons. The molecule has 17 heavy (non-hydrogen) atoms. The zero-order valence-electron chi connectivity index (χ0n) is 10.2. The Morgan fingerprint density at radius 3 is 2.65 bits per heavy atom. The molecule has 0 aliphatic carbocycles. The number of aromatic amines is 1. The van der Waals surface area contributed by atoms with Gasteiger partial charge in [-0.2, -0.15) is 5.10 Å². The highest BCUT2D eigenvalue weighted by atomic mass is 19.1. The van der Waals surface area contributed by atoms with Crippen molar-refractivity contribution >= 4 is 5.82 Å². The minimum Gasteiger partial charge on any atom is -0.382 e. The Morgan fingerprint density at radius 1 is 1.35 bits per heavy atom. The lowest BCUT2D eigenvalue weighted by atomic mass is 9.98. The fourth-order valence-corrected chi connectivity index (χ4v) is 1.98. The second kappa shape index (κ2) is 4.20. The number of H-pyrrole nitrogens is 1. The van der Waals surface area contributed by atoms with Crippen molar-refractivity contribution in [1.82, 2.24) is 10.2 Å². The number of hydrogen-bond donors (Lipinski definition) is 2. The van der Waals surface area contributed by atoms with Gasteiger partial charge in [-0.3, -0.25) is 5.10 Å². The van der Waals surface area contributed by atoms with Crippen molar-refractivity contribution in [2.75, 3.05) is 5.73 Å². The van der Waals surface area contributed by atoms with Gasteiger partial charge in [0.25, 0.3) is 0 Å². The van der Waals surface area contributed by atoms with Crippen LogP contribution >= 0.6 is 0 Å². The molecule has 0 aliphatic heterocycles. The summed E-state index contributed by atoms with van der Waals surface area (Å²) in [6, 6.07) is 5.14. The van der Waals surface area contributed by atoms with Gasteiger partial charge in [-0.15, -0.1) is 0 Å². The molecule has 0 bridgehead atoms. The quantitative estimate of drug-likeness (QED) is 0.836. The predicted octanol–water partition coefficient (Wildman–Crippen LogP) is 3.23. The lowest BCUT2D eigenvalue weighted by molar-refractivity contribution is 0.629. The molecule has 2 rings (SSSR count). The second-order valence-corrected chi connectivity index (χ2v) is 4.54. The van der Waals surface area contributed by atoms with E-state index in [0.717, 1.165) is 11.1 Å². The molecule has 2 aromatic rings. The van der Waals surface area contributed by atoms with E-state index in [4.69, 9.17) is 5.73 Å². The smallest absolute Gasteiger partial charge is 0.149 e. The number of nitrogens with one attached hydrogen (secondary N) is 1. The van der Waals surface area contributed by atoms with Gasteiger partial charge >= 0.3 is 0 Å². The fourth-order valence-electron chi connectivity index (χ4n) is 1.98. The van der Waals surface area contributed by atoms with Crippen LogP contribution in [0.2, 0.25) is 0 Å². The molecular formula is C13H16FN3. The van der Waals surface area contributed by atoms with E-state index in [9.17, 15) is 4.39 Å². The van der Waals surface area contributed by atoms with E-state index in [2.05, 4.69) is 10.2 Å².